The Balaban J connectivity index is 0.000000224. The van der Waals surface area contributed by atoms with E-state index in [-0.39, 0.29) is 35.7 Å². The molecule has 4 rings (SSSR count). The maximum absolute atomic E-state index is 3.19. The summed E-state index contributed by atoms with van der Waals surface area (Å²) in [6.45, 7) is 8.43. The van der Waals surface area contributed by atoms with Gasteiger partial charge in [0.05, 0.1) is 0 Å². The van der Waals surface area contributed by atoms with Crippen LogP contribution in [0.3, 0.4) is 0 Å². The van der Waals surface area contributed by atoms with Crippen molar-refractivity contribution in [3.05, 3.63) is 108 Å². The molecule has 2 aromatic carbocycles. The third-order valence-corrected chi connectivity index (χ3v) is 5.56. The summed E-state index contributed by atoms with van der Waals surface area (Å²) in [6.07, 6.45) is 13.8. The molecule has 2 aromatic rings. The second kappa shape index (κ2) is 13.6. The molecule has 2 aliphatic rings. The van der Waals surface area contributed by atoms with Crippen LogP contribution in [0, 0.1) is 18.1 Å². The summed E-state index contributed by atoms with van der Waals surface area (Å²) in [7, 11) is 0.271. The van der Waals surface area contributed by atoms with Crippen molar-refractivity contribution in [1.82, 2.24) is 0 Å². The average Bonchev–Trinajstić information content (AvgIpc) is 3.24. The van der Waals surface area contributed by atoms with Crippen LogP contribution >= 0.6 is 0 Å². The van der Waals surface area contributed by atoms with Gasteiger partial charge in [-0.05, 0) is 0 Å². The molecule has 2 aliphatic carbocycles. The van der Waals surface area contributed by atoms with E-state index in [9.17, 15) is 0 Å². The minimum absolute atomic E-state index is 0. The summed E-state index contributed by atoms with van der Waals surface area (Å²) in [5.41, 5.74) is 4.06. The molecule has 0 aromatic heterocycles. The Bertz CT molecular complexity index is 777. The summed E-state index contributed by atoms with van der Waals surface area (Å²) in [6, 6.07) is 21.3. The number of allylic oxidation sites excluding steroid dienone is 8. The molecule has 141 valence electrons. The van der Waals surface area contributed by atoms with Gasteiger partial charge in [0.2, 0.25) is 0 Å². The third kappa shape index (κ3) is 10.2. The Kier molecular flexibility index (Phi) is 12.0. The van der Waals surface area contributed by atoms with Crippen molar-refractivity contribution >= 4 is 19.9 Å². The van der Waals surface area contributed by atoms with Crippen molar-refractivity contribution in [3.63, 3.8) is 0 Å². The van der Waals surface area contributed by atoms with Gasteiger partial charge >= 0.3 is 26.2 Å². The molecule has 1 atom stereocenters. The Morgan fingerprint density at radius 2 is 1.39 bits per heavy atom. The van der Waals surface area contributed by atoms with Crippen molar-refractivity contribution < 1.29 is 26.2 Å². The molecule has 0 amide bonds. The van der Waals surface area contributed by atoms with Gasteiger partial charge in [0.1, 0.15) is 9.52 Å². The van der Waals surface area contributed by atoms with E-state index in [1.165, 1.54) is 27.1 Å². The normalized spacial score (nSPS) is 16.4. The molecule has 0 saturated carbocycles. The first-order valence-corrected chi connectivity index (χ1v) is 10.7. The molecule has 2 heteroatoms. The predicted molar refractivity (Wildman–Crippen MR) is 121 cm³/mol. The van der Waals surface area contributed by atoms with Crippen LogP contribution in [-0.2, 0) is 26.2 Å². The van der Waals surface area contributed by atoms with Gasteiger partial charge in [0, 0.05) is 0 Å². The Morgan fingerprint density at radius 3 is 1.64 bits per heavy atom. The molecule has 0 heterocycles. The topological polar surface area (TPSA) is 0 Å². The van der Waals surface area contributed by atoms with Crippen molar-refractivity contribution in [1.29, 1.82) is 0 Å². The van der Waals surface area contributed by atoms with Gasteiger partial charge in [-0.1, -0.05) is 97.7 Å². The smallest absolute Gasteiger partial charge is 0.270 e. The zero-order valence-electron chi connectivity index (χ0n) is 17.4. The minimum Gasteiger partial charge on any atom is -0.270 e. The van der Waals surface area contributed by atoms with Gasteiger partial charge in [-0.25, -0.2) is 23.3 Å². The molecular formula is C26H29SiZr. The minimum atomic E-state index is 0. The van der Waals surface area contributed by atoms with E-state index < -0.39 is 0 Å². The quantitative estimate of drug-likeness (QED) is 0.432. The van der Waals surface area contributed by atoms with Crippen molar-refractivity contribution in [2.75, 3.05) is 0 Å². The van der Waals surface area contributed by atoms with Gasteiger partial charge in [-0.2, -0.15) is 11.6 Å². The fourth-order valence-corrected chi connectivity index (χ4v) is 4.01. The maximum atomic E-state index is 3.19. The largest absolute Gasteiger partial charge is 2.00 e. The van der Waals surface area contributed by atoms with Gasteiger partial charge < -0.3 is 0 Å². The van der Waals surface area contributed by atoms with Crippen LogP contribution in [-0.4, -0.2) is 9.52 Å². The van der Waals surface area contributed by atoms with Crippen LogP contribution in [0.2, 0.25) is 0 Å². The van der Waals surface area contributed by atoms with Gasteiger partial charge in [-0.3, -0.25) is 12.2 Å². The standard InChI is InChI=1S/C12H11Si.2C7H9.Zr/c1-3-7-11(8-4-1)13-12-9-5-2-6-10-12;2*1-6-3-4-7(2)5-6;/h1-10,13H;5H,3H2,1-2H3;3,5,7H,1-2H3;/q;2*-1;+2. The molecular weight excluding hydrogens is 432 g/mol. The Morgan fingerprint density at radius 1 is 0.857 bits per heavy atom. The molecule has 0 nitrogen and oxygen atoms in total. The van der Waals surface area contributed by atoms with E-state index in [2.05, 4.69) is 113 Å². The first kappa shape index (κ1) is 24.5. The van der Waals surface area contributed by atoms with E-state index in [4.69, 9.17) is 0 Å². The van der Waals surface area contributed by atoms with Gasteiger partial charge in [0.15, 0.2) is 0 Å². The van der Waals surface area contributed by atoms with Crippen molar-refractivity contribution in [2.45, 2.75) is 34.1 Å². The van der Waals surface area contributed by atoms with Crippen LogP contribution in [0.25, 0.3) is 0 Å². The fraction of sp³-hybridized carbons (Fsp3) is 0.231. The predicted octanol–water partition coefficient (Wildman–Crippen LogP) is 5.10. The zero-order valence-corrected chi connectivity index (χ0v) is 21.0. The molecule has 1 unspecified atom stereocenters. The monoisotopic (exact) mass is 459 g/mol. The summed E-state index contributed by atoms with van der Waals surface area (Å²) < 4.78 is 0. The third-order valence-electron chi connectivity index (χ3n) is 4.13. The molecule has 28 heavy (non-hydrogen) atoms. The first-order valence-electron chi connectivity index (χ1n) is 9.50. The number of rotatable bonds is 2. The van der Waals surface area contributed by atoms with Crippen LogP contribution in [0.15, 0.2) is 95.6 Å². The van der Waals surface area contributed by atoms with Crippen molar-refractivity contribution in [2.24, 2.45) is 5.92 Å². The molecule has 0 fully saturated rings. The summed E-state index contributed by atoms with van der Waals surface area (Å²) >= 11 is 0. The molecule has 1 radical (unpaired) electrons. The van der Waals surface area contributed by atoms with E-state index in [1.54, 1.807) is 0 Å². The van der Waals surface area contributed by atoms with E-state index in [0.29, 0.717) is 5.92 Å². The van der Waals surface area contributed by atoms with Gasteiger partial charge in [0.25, 0.3) is 0 Å². The number of benzene rings is 2. The van der Waals surface area contributed by atoms with Gasteiger partial charge in [-0.15, -0.1) is 13.3 Å². The summed E-state index contributed by atoms with van der Waals surface area (Å²) in [4.78, 5) is 0. The van der Waals surface area contributed by atoms with Crippen molar-refractivity contribution in [3.8, 4) is 0 Å². The molecule has 0 spiro atoms. The number of hydrogen-bond donors (Lipinski definition) is 0. The van der Waals surface area contributed by atoms with E-state index >= 15 is 0 Å². The SMILES string of the molecule is CC1=CC(C)[C-]=C1.CC1=[C-]CC(C)=C1.[Zr+2].c1ccc([SiH]c2ccccc2)cc1. The second-order valence-corrected chi connectivity index (χ2v) is 8.63. The van der Waals surface area contributed by atoms with E-state index in [1.807, 2.05) is 6.08 Å². The van der Waals surface area contributed by atoms with Crippen LogP contribution in [0.4, 0.5) is 0 Å². The van der Waals surface area contributed by atoms with Crippen LogP contribution in [0.1, 0.15) is 34.1 Å². The summed E-state index contributed by atoms with van der Waals surface area (Å²) in [5, 5.41) is 2.90. The zero-order chi connectivity index (χ0) is 19.5. The average molecular weight is 461 g/mol. The summed E-state index contributed by atoms with van der Waals surface area (Å²) in [5.74, 6) is 0.556. The maximum Gasteiger partial charge on any atom is 2.00 e. The molecule has 0 bridgehead atoms. The van der Waals surface area contributed by atoms with Crippen LogP contribution in [0.5, 0.6) is 0 Å². The molecule has 0 aliphatic heterocycles. The number of hydrogen-bond acceptors (Lipinski definition) is 0. The molecule has 0 saturated heterocycles. The van der Waals surface area contributed by atoms with Crippen LogP contribution < -0.4 is 10.4 Å². The Hall–Kier alpha value is -1.50. The first-order chi connectivity index (χ1) is 13.0. The Labute approximate surface area is 193 Å². The fourth-order valence-electron chi connectivity index (χ4n) is 2.79. The van der Waals surface area contributed by atoms with E-state index in [0.717, 1.165) is 6.42 Å². The second-order valence-electron chi connectivity index (χ2n) is 7.00. The molecule has 0 N–H and O–H groups in total.